The number of para-hydroxylation sites is 1. The largest absolute Gasteiger partial charge is 0.337 e. The van der Waals surface area contributed by atoms with Crippen LogP contribution in [0.5, 0.6) is 0 Å². The molecule has 1 aromatic carbocycles. The van der Waals surface area contributed by atoms with E-state index in [0.717, 1.165) is 16.6 Å². The molecule has 0 aliphatic rings. The van der Waals surface area contributed by atoms with Gasteiger partial charge in [-0.1, -0.05) is 23.7 Å². The van der Waals surface area contributed by atoms with E-state index >= 15 is 0 Å². The number of aryl methyl sites for hydroxylation is 2. The average Bonchev–Trinajstić information content (AvgIpc) is 2.70. The smallest absolute Gasteiger partial charge is 0.224 e. The maximum Gasteiger partial charge on any atom is 0.224 e. The molecule has 0 unspecified atom stereocenters. The summed E-state index contributed by atoms with van der Waals surface area (Å²) < 4.78 is 1.65. The van der Waals surface area contributed by atoms with E-state index < -0.39 is 0 Å². The first-order valence-electron chi connectivity index (χ1n) is 5.93. The van der Waals surface area contributed by atoms with Crippen LogP contribution in [0.3, 0.4) is 0 Å². The van der Waals surface area contributed by atoms with E-state index in [4.69, 9.17) is 23.2 Å². The fourth-order valence-electron chi connectivity index (χ4n) is 2.02. The predicted molar refractivity (Wildman–Crippen MR) is 80.8 cm³/mol. The van der Waals surface area contributed by atoms with Gasteiger partial charge in [0, 0.05) is 13.2 Å². The van der Waals surface area contributed by atoms with Crippen LogP contribution < -0.4 is 5.32 Å². The van der Waals surface area contributed by atoms with Crippen LogP contribution in [0.15, 0.2) is 24.4 Å². The summed E-state index contributed by atoms with van der Waals surface area (Å²) in [6, 6.07) is 5.71. The van der Waals surface area contributed by atoms with E-state index in [2.05, 4.69) is 20.4 Å². The zero-order valence-electron chi connectivity index (χ0n) is 10.9. The summed E-state index contributed by atoms with van der Waals surface area (Å²) >= 11 is 12.0. The number of hydrogen-bond acceptors (Lipinski definition) is 4. The first-order valence-corrected chi connectivity index (χ1v) is 6.69. The van der Waals surface area contributed by atoms with E-state index in [1.165, 1.54) is 0 Å². The van der Waals surface area contributed by atoms with Crippen LogP contribution in [0, 0.1) is 6.92 Å². The second-order valence-corrected chi connectivity index (χ2v) is 5.15. The Bertz CT molecular complexity index is 777. The van der Waals surface area contributed by atoms with Crippen molar-refractivity contribution < 1.29 is 0 Å². The summed E-state index contributed by atoms with van der Waals surface area (Å²) in [5.41, 5.74) is 2.52. The fourth-order valence-corrected chi connectivity index (χ4v) is 2.42. The number of nitrogens with zero attached hydrogens (tertiary/aromatic N) is 4. The standard InChI is InChI=1S/C13H11Cl2N5/c1-7-4-3-5-9(14)10(7)17-11-8-6-16-13(15)18-12(8)20(2)19-11/h3-6H,1-2H3,(H,17,19). The maximum atomic E-state index is 6.21. The van der Waals surface area contributed by atoms with Crippen LogP contribution in [-0.4, -0.2) is 19.7 Å². The normalized spacial score (nSPS) is 11.0. The second-order valence-electron chi connectivity index (χ2n) is 4.41. The van der Waals surface area contributed by atoms with Crippen LogP contribution in [-0.2, 0) is 7.05 Å². The Morgan fingerprint density at radius 3 is 2.80 bits per heavy atom. The summed E-state index contributed by atoms with van der Waals surface area (Å²) in [5.74, 6) is 0.648. The van der Waals surface area contributed by atoms with Crippen LogP contribution in [0.4, 0.5) is 11.5 Å². The minimum absolute atomic E-state index is 0.195. The number of fused-ring (bicyclic) bond motifs is 1. The Morgan fingerprint density at radius 1 is 1.25 bits per heavy atom. The number of hydrogen-bond donors (Lipinski definition) is 1. The van der Waals surface area contributed by atoms with Gasteiger partial charge >= 0.3 is 0 Å². The van der Waals surface area contributed by atoms with Crippen molar-refractivity contribution in [3.8, 4) is 0 Å². The minimum Gasteiger partial charge on any atom is -0.337 e. The highest BCUT2D eigenvalue weighted by Gasteiger charge is 2.13. The van der Waals surface area contributed by atoms with Crippen molar-refractivity contribution in [1.82, 2.24) is 19.7 Å². The van der Waals surface area contributed by atoms with Gasteiger partial charge < -0.3 is 5.32 Å². The molecule has 0 bridgehead atoms. The van der Waals surface area contributed by atoms with Crippen LogP contribution in [0.2, 0.25) is 10.3 Å². The van der Waals surface area contributed by atoms with Crippen molar-refractivity contribution in [3.63, 3.8) is 0 Å². The molecule has 1 N–H and O–H groups in total. The molecule has 0 spiro atoms. The minimum atomic E-state index is 0.195. The van der Waals surface area contributed by atoms with Gasteiger partial charge in [0.1, 0.15) is 0 Å². The molecule has 2 heterocycles. The molecule has 0 fully saturated rings. The molecule has 0 amide bonds. The molecular formula is C13H11Cl2N5. The third kappa shape index (κ3) is 2.19. The number of nitrogens with one attached hydrogen (secondary N) is 1. The molecule has 0 saturated carbocycles. The van der Waals surface area contributed by atoms with E-state index in [9.17, 15) is 0 Å². The first-order chi connectivity index (χ1) is 9.56. The third-order valence-electron chi connectivity index (χ3n) is 3.02. The topological polar surface area (TPSA) is 55.6 Å². The molecule has 0 radical (unpaired) electrons. The summed E-state index contributed by atoms with van der Waals surface area (Å²) in [6.45, 7) is 1.98. The van der Waals surface area contributed by atoms with Crippen LogP contribution >= 0.6 is 23.2 Å². The van der Waals surface area contributed by atoms with E-state index in [1.807, 2.05) is 25.1 Å². The van der Waals surface area contributed by atoms with Crippen molar-refractivity contribution in [1.29, 1.82) is 0 Å². The zero-order chi connectivity index (χ0) is 14.3. The summed E-state index contributed by atoms with van der Waals surface area (Å²) in [4.78, 5) is 8.16. The second kappa shape index (κ2) is 4.92. The number of aromatic nitrogens is 4. The lowest BCUT2D eigenvalue weighted by molar-refractivity contribution is 0.789. The van der Waals surface area contributed by atoms with Crippen molar-refractivity contribution in [2.24, 2.45) is 7.05 Å². The lowest BCUT2D eigenvalue weighted by Crippen LogP contribution is -1.96. The van der Waals surface area contributed by atoms with E-state index in [1.54, 1.807) is 17.9 Å². The molecule has 102 valence electrons. The van der Waals surface area contributed by atoms with Crippen LogP contribution in [0.1, 0.15) is 5.56 Å². The summed E-state index contributed by atoms with van der Waals surface area (Å²) in [6.07, 6.45) is 1.65. The molecule has 2 aromatic heterocycles. The Morgan fingerprint density at radius 2 is 2.05 bits per heavy atom. The van der Waals surface area contributed by atoms with Crippen molar-refractivity contribution in [2.75, 3.05) is 5.32 Å². The Balaban J connectivity index is 2.12. The van der Waals surface area contributed by atoms with Gasteiger partial charge in [0.05, 0.1) is 16.1 Å². The van der Waals surface area contributed by atoms with Gasteiger partial charge in [-0.3, -0.25) is 0 Å². The number of halogens is 2. The highest BCUT2D eigenvalue weighted by Crippen LogP contribution is 2.31. The summed E-state index contributed by atoms with van der Waals surface area (Å²) in [5, 5.41) is 9.25. The quantitative estimate of drug-likeness (QED) is 0.733. The first kappa shape index (κ1) is 13.1. The molecule has 3 aromatic rings. The number of benzene rings is 1. The summed E-state index contributed by atoms with van der Waals surface area (Å²) in [7, 11) is 1.80. The SMILES string of the molecule is Cc1cccc(Cl)c1Nc1nn(C)c2nc(Cl)ncc12. The van der Waals surface area contributed by atoms with Gasteiger partial charge in [0.15, 0.2) is 11.5 Å². The molecule has 7 heteroatoms. The average molecular weight is 308 g/mol. The molecule has 0 atom stereocenters. The van der Waals surface area contributed by atoms with Crippen LogP contribution in [0.25, 0.3) is 11.0 Å². The Hall–Kier alpha value is -1.85. The van der Waals surface area contributed by atoms with Gasteiger partial charge in [-0.2, -0.15) is 10.1 Å². The third-order valence-corrected chi connectivity index (χ3v) is 3.51. The highest BCUT2D eigenvalue weighted by atomic mass is 35.5. The molecular weight excluding hydrogens is 297 g/mol. The zero-order valence-corrected chi connectivity index (χ0v) is 12.4. The van der Waals surface area contributed by atoms with Crippen molar-refractivity contribution >= 4 is 45.7 Å². The van der Waals surface area contributed by atoms with Gasteiger partial charge in [0.25, 0.3) is 0 Å². The highest BCUT2D eigenvalue weighted by molar-refractivity contribution is 6.33. The number of anilines is 2. The van der Waals surface area contributed by atoms with Gasteiger partial charge in [-0.25, -0.2) is 9.67 Å². The van der Waals surface area contributed by atoms with E-state index in [-0.39, 0.29) is 5.28 Å². The van der Waals surface area contributed by atoms with Gasteiger partial charge in [0.2, 0.25) is 5.28 Å². The lowest BCUT2D eigenvalue weighted by atomic mass is 10.2. The molecule has 5 nitrogen and oxygen atoms in total. The van der Waals surface area contributed by atoms with Crippen molar-refractivity contribution in [3.05, 3.63) is 40.3 Å². The lowest BCUT2D eigenvalue weighted by Gasteiger charge is -2.09. The fraction of sp³-hybridized carbons (Fsp3) is 0.154. The predicted octanol–water partition coefficient (Wildman–Crippen LogP) is 3.72. The van der Waals surface area contributed by atoms with Crippen molar-refractivity contribution in [2.45, 2.75) is 6.92 Å². The molecule has 3 rings (SSSR count). The molecule has 0 saturated heterocycles. The number of rotatable bonds is 2. The maximum absolute atomic E-state index is 6.21. The molecule has 20 heavy (non-hydrogen) atoms. The van der Waals surface area contributed by atoms with Gasteiger partial charge in [-0.05, 0) is 30.2 Å². The van der Waals surface area contributed by atoms with E-state index in [0.29, 0.717) is 16.5 Å². The molecule has 0 aliphatic heterocycles. The Kier molecular flexibility index (Phi) is 3.23. The molecule has 0 aliphatic carbocycles. The monoisotopic (exact) mass is 307 g/mol. The Labute approximate surface area is 125 Å². The van der Waals surface area contributed by atoms with Gasteiger partial charge in [-0.15, -0.1) is 0 Å².